The summed E-state index contributed by atoms with van der Waals surface area (Å²) in [7, 11) is 0. The van der Waals surface area contributed by atoms with Crippen LogP contribution in [0.25, 0.3) is 0 Å². The molecule has 1 spiro atoms. The maximum absolute atomic E-state index is 11.4. The van der Waals surface area contributed by atoms with Gasteiger partial charge < -0.3 is 14.4 Å². The molecule has 0 radical (unpaired) electrons. The molecule has 0 saturated heterocycles. The number of hydrogen-bond donors (Lipinski definition) is 0. The number of nitrogens with zero attached hydrogens (tertiary/aromatic N) is 1. The zero-order chi connectivity index (χ0) is 20.0. The Morgan fingerprint density at radius 3 is 2.86 bits per heavy atom. The van der Waals surface area contributed by atoms with Crippen molar-refractivity contribution >= 4 is 23.6 Å². The number of halogens is 1. The second-order valence-electron chi connectivity index (χ2n) is 9.17. The third kappa shape index (κ3) is 3.15. The fourth-order valence-corrected chi connectivity index (χ4v) is 5.79. The second kappa shape index (κ2) is 7.36. The molecule has 1 unspecified atom stereocenters. The number of anilines is 1. The van der Waals surface area contributed by atoms with E-state index in [9.17, 15) is 4.79 Å². The molecule has 0 aromatic heterocycles. The highest BCUT2D eigenvalue weighted by Crippen LogP contribution is 2.47. The molecule has 1 aliphatic heterocycles. The van der Waals surface area contributed by atoms with Crippen molar-refractivity contribution in [3.05, 3.63) is 58.6 Å². The van der Waals surface area contributed by atoms with Gasteiger partial charge in [-0.05, 0) is 72.9 Å². The van der Waals surface area contributed by atoms with E-state index in [0.717, 1.165) is 61.5 Å². The van der Waals surface area contributed by atoms with Crippen LogP contribution in [-0.4, -0.2) is 26.0 Å². The van der Waals surface area contributed by atoms with Gasteiger partial charge in [0.05, 0.1) is 12.3 Å². The predicted molar refractivity (Wildman–Crippen MR) is 117 cm³/mol. The lowest BCUT2D eigenvalue weighted by atomic mass is 9.63. The van der Waals surface area contributed by atoms with Gasteiger partial charge in [0.15, 0.2) is 0 Å². The Bertz CT molecular complexity index is 929. The van der Waals surface area contributed by atoms with Crippen molar-refractivity contribution in [1.29, 1.82) is 0 Å². The van der Waals surface area contributed by atoms with Crippen LogP contribution in [0.4, 0.5) is 5.69 Å². The van der Waals surface area contributed by atoms with Crippen molar-refractivity contribution in [3.63, 3.8) is 0 Å². The topological polar surface area (TPSA) is 29.5 Å². The number of aryl methyl sites for hydroxylation is 1. The van der Waals surface area contributed by atoms with E-state index in [2.05, 4.69) is 42.2 Å². The lowest BCUT2D eigenvalue weighted by molar-refractivity contribution is -0.115. The molecule has 3 aliphatic rings. The van der Waals surface area contributed by atoms with Gasteiger partial charge in [-0.15, -0.1) is 0 Å². The number of fused-ring (bicyclic) bond motifs is 3. The first-order chi connectivity index (χ1) is 14.1. The van der Waals surface area contributed by atoms with Gasteiger partial charge in [0.2, 0.25) is 0 Å². The van der Waals surface area contributed by atoms with Crippen LogP contribution >= 0.6 is 11.6 Å². The highest BCUT2D eigenvalue weighted by molar-refractivity contribution is 6.30. The van der Waals surface area contributed by atoms with E-state index in [1.54, 1.807) is 0 Å². The van der Waals surface area contributed by atoms with Gasteiger partial charge >= 0.3 is 0 Å². The van der Waals surface area contributed by atoms with Crippen molar-refractivity contribution < 1.29 is 9.53 Å². The largest absolute Gasteiger partial charge is 0.490 e. The highest BCUT2D eigenvalue weighted by Gasteiger charge is 2.47. The summed E-state index contributed by atoms with van der Waals surface area (Å²) in [5.41, 5.74) is 3.84. The Balaban J connectivity index is 1.57. The first kappa shape index (κ1) is 19.0. The Morgan fingerprint density at radius 2 is 2.07 bits per heavy atom. The van der Waals surface area contributed by atoms with Crippen molar-refractivity contribution in [2.24, 2.45) is 17.8 Å². The average Bonchev–Trinajstić information content (AvgIpc) is 2.87. The van der Waals surface area contributed by atoms with E-state index in [-0.39, 0.29) is 11.3 Å². The molecule has 5 rings (SSSR count). The number of para-hydroxylation sites is 2. The van der Waals surface area contributed by atoms with Crippen LogP contribution < -0.4 is 9.64 Å². The molecule has 2 aliphatic carbocycles. The summed E-state index contributed by atoms with van der Waals surface area (Å²) in [6.45, 7) is 4.88. The Kier molecular flexibility index (Phi) is 4.82. The van der Waals surface area contributed by atoms with Crippen LogP contribution in [0.15, 0.2) is 42.5 Å². The minimum absolute atomic E-state index is 0.0718. The number of hydrogen-bond acceptors (Lipinski definition) is 3. The van der Waals surface area contributed by atoms with Gasteiger partial charge in [-0.2, -0.15) is 0 Å². The third-order valence-corrected chi connectivity index (χ3v) is 7.90. The van der Waals surface area contributed by atoms with Gasteiger partial charge in [0.1, 0.15) is 12.0 Å². The Morgan fingerprint density at radius 1 is 1.21 bits per heavy atom. The third-order valence-electron chi connectivity index (χ3n) is 7.66. The fraction of sp³-hybridized carbons (Fsp3) is 0.480. The van der Waals surface area contributed by atoms with E-state index >= 15 is 0 Å². The van der Waals surface area contributed by atoms with Gasteiger partial charge in [-0.25, -0.2) is 0 Å². The first-order valence-electron chi connectivity index (χ1n) is 10.8. The Labute approximate surface area is 178 Å². The minimum atomic E-state index is -0.0718. The summed E-state index contributed by atoms with van der Waals surface area (Å²) in [6.07, 6.45) is 5.54. The summed E-state index contributed by atoms with van der Waals surface area (Å²) >= 11 is 6.33. The van der Waals surface area contributed by atoms with E-state index in [1.165, 1.54) is 11.1 Å². The quantitative estimate of drug-likeness (QED) is 0.645. The van der Waals surface area contributed by atoms with Crippen molar-refractivity contribution in [1.82, 2.24) is 0 Å². The zero-order valence-corrected chi connectivity index (χ0v) is 17.7. The van der Waals surface area contributed by atoms with Gasteiger partial charge in [-0.1, -0.05) is 36.7 Å². The van der Waals surface area contributed by atoms with Crippen LogP contribution in [0.2, 0.25) is 5.02 Å². The number of benzene rings is 2. The Hall–Kier alpha value is -2.00. The van der Waals surface area contributed by atoms with Crippen LogP contribution in [-0.2, 0) is 16.6 Å². The summed E-state index contributed by atoms with van der Waals surface area (Å²) in [5.74, 6) is 2.12. The van der Waals surface area contributed by atoms with E-state index in [4.69, 9.17) is 16.3 Å². The summed E-state index contributed by atoms with van der Waals surface area (Å²) in [4.78, 5) is 13.9. The SMILES string of the molecule is CC1CCc2cc(Cl)ccc2[C@@]12COc1ccccc1N(C[C@@H]1CC[C@H]1C=O)C2. The maximum Gasteiger partial charge on any atom is 0.142 e. The molecule has 1 heterocycles. The predicted octanol–water partition coefficient (Wildman–Crippen LogP) is 5.28. The molecule has 0 N–H and O–H groups in total. The molecule has 3 nitrogen and oxygen atoms in total. The van der Waals surface area contributed by atoms with E-state index < -0.39 is 0 Å². The highest BCUT2D eigenvalue weighted by atomic mass is 35.5. The summed E-state index contributed by atoms with van der Waals surface area (Å²) in [6, 6.07) is 14.8. The summed E-state index contributed by atoms with van der Waals surface area (Å²) in [5, 5.41) is 0.812. The van der Waals surface area contributed by atoms with E-state index in [1.807, 2.05) is 12.1 Å². The number of rotatable bonds is 3. The van der Waals surface area contributed by atoms with Crippen LogP contribution in [0.1, 0.15) is 37.3 Å². The van der Waals surface area contributed by atoms with Gasteiger partial charge in [0, 0.05) is 29.4 Å². The molecule has 152 valence electrons. The van der Waals surface area contributed by atoms with Crippen molar-refractivity contribution in [2.75, 3.05) is 24.6 Å². The lowest BCUT2D eigenvalue weighted by Crippen LogP contribution is -2.52. The monoisotopic (exact) mass is 409 g/mol. The minimum Gasteiger partial charge on any atom is -0.490 e. The molecule has 0 amide bonds. The molecular formula is C25H28ClNO2. The summed E-state index contributed by atoms with van der Waals surface area (Å²) < 4.78 is 6.47. The molecule has 29 heavy (non-hydrogen) atoms. The first-order valence-corrected chi connectivity index (χ1v) is 11.2. The van der Waals surface area contributed by atoms with Crippen molar-refractivity contribution in [3.8, 4) is 5.75 Å². The molecule has 2 aromatic rings. The number of carbonyl (C=O) groups is 1. The molecule has 1 fully saturated rings. The van der Waals surface area contributed by atoms with Crippen LogP contribution in [0, 0.1) is 17.8 Å². The van der Waals surface area contributed by atoms with Crippen LogP contribution in [0.3, 0.4) is 0 Å². The molecule has 0 bridgehead atoms. The lowest BCUT2D eigenvalue weighted by Gasteiger charge is -2.46. The smallest absolute Gasteiger partial charge is 0.142 e. The number of carbonyl (C=O) groups excluding carboxylic acids is 1. The molecule has 4 heteroatoms. The zero-order valence-electron chi connectivity index (χ0n) is 16.9. The average molecular weight is 410 g/mol. The maximum atomic E-state index is 11.4. The number of ether oxygens (including phenoxy) is 1. The van der Waals surface area contributed by atoms with Crippen molar-refractivity contribution in [2.45, 2.75) is 38.0 Å². The van der Waals surface area contributed by atoms with Crippen LogP contribution in [0.5, 0.6) is 5.75 Å². The molecule has 4 atom stereocenters. The standard InChI is InChI=1S/C25H28ClNO2/c1-17-6-7-18-12-21(26)10-11-22(18)25(17)15-27(13-19-8-9-20(19)14-28)23-4-2-3-5-24(23)29-16-25/h2-5,10-12,14,17,19-20H,6-9,13,15-16H2,1H3/t17?,19-,20-,25-/m0/s1. The fourth-order valence-electron chi connectivity index (χ4n) is 5.59. The number of aldehydes is 1. The van der Waals surface area contributed by atoms with Gasteiger partial charge in [0.25, 0.3) is 0 Å². The van der Waals surface area contributed by atoms with Gasteiger partial charge in [-0.3, -0.25) is 0 Å². The van der Waals surface area contributed by atoms with E-state index in [0.29, 0.717) is 18.4 Å². The second-order valence-corrected chi connectivity index (χ2v) is 9.61. The normalized spacial score (nSPS) is 30.6. The molecular weight excluding hydrogens is 382 g/mol. The molecule has 2 aromatic carbocycles. The molecule has 1 saturated carbocycles.